The van der Waals surface area contributed by atoms with Gasteiger partial charge in [0.1, 0.15) is 83.3 Å². The van der Waals surface area contributed by atoms with Crippen molar-refractivity contribution in [1.29, 1.82) is 0 Å². The Hall–Kier alpha value is -8.70. The molecule has 33 heteroatoms. The molecule has 2 aliphatic rings. The maximum atomic E-state index is 14.5. The largest absolute Gasteiger partial charge is 0.469 e. The zero-order valence-electron chi connectivity index (χ0n) is 56.6. The number of thiazole rings is 6. The Labute approximate surface area is 605 Å². The van der Waals surface area contributed by atoms with E-state index in [9.17, 15) is 48.3 Å². The summed E-state index contributed by atoms with van der Waals surface area (Å²) in [6, 6.07) is 10.1. The van der Waals surface area contributed by atoms with Crippen molar-refractivity contribution in [3.63, 3.8) is 0 Å². The van der Waals surface area contributed by atoms with Gasteiger partial charge >= 0.3 is 24.0 Å². The van der Waals surface area contributed by atoms with Gasteiger partial charge in [-0.25, -0.2) is 39.7 Å². The number of carbonyl (C=O) groups is 9. The van der Waals surface area contributed by atoms with Crippen LogP contribution >= 0.6 is 68.0 Å². The van der Waals surface area contributed by atoms with E-state index in [4.69, 9.17) is 58.6 Å². The Kier molecular flexibility index (Phi) is 25.8. The average Bonchev–Trinajstić information content (AvgIpc) is 1.69. The second kappa shape index (κ2) is 34.8. The van der Waals surface area contributed by atoms with Gasteiger partial charge < -0.3 is 50.1 Å². The molecule has 1 aliphatic heterocycles. The summed E-state index contributed by atoms with van der Waals surface area (Å²) in [4.78, 5) is 159. The molecule has 5 atom stereocenters. The number of rotatable bonds is 20. The first-order chi connectivity index (χ1) is 48.7. The lowest BCUT2D eigenvalue weighted by Crippen LogP contribution is -2.40. The number of aliphatic hydroxyl groups excluding tert-OH is 1. The maximum absolute atomic E-state index is 14.5. The van der Waals surface area contributed by atoms with Crippen LogP contribution in [0.4, 0.5) is 10.6 Å². The quantitative estimate of drug-likeness (QED) is 0.0269. The van der Waals surface area contributed by atoms with E-state index in [2.05, 4.69) is 21.3 Å². The minimum atomic E-state index is -1.31. The van der Waals surface area contributed by atoms with Crippen molar-refractivity contribution in [2.75, 3.05) is 53.5 Å². The summed E-state index contributed by atoms with van der Waals surface area (Å²) < 4.78 is 26.5. The number of nitrogens with zero attached hydrogens (tertiary/aromatic N) is 8. The highest BCUT2D eigenvalue weighted by Crippen LogP contribution is 2.42. The number of amides is 5. The van der Waals surface area contributed by atoms with Gasteiger partial charge in [0.05, 0.1) is 74.4 Å². The fourth-order valence-corrected chi connectivity index (χ4v) is 17.3. The number of ether oxygens (including phenoxy) is 5. The molecule has 0 spiro atoms. The van der Waals surface area contributed by atoms with E-state index in [0.29, 0.717) is 119 Å². The lowest BCUT2D eigenvalue weighted by molar-refractivity contribution is -0.148. The van der Waals surface area contributed by atoms with Gasteiger partial charge in [0.2, 0.25) is 11.8 Å². The van der Waals surface area contributed by atoms with Crippen LogP contribution in [-0.4, -0.2) is 148 Å². The maximum Gasteiger partial charge on any atom is 0.415 e. The molecule has 1 fully saturated rings. The molecule has 0 saturated heterocycles. The summed E-state index contributed by atoms with van der Waals surface area (Å²) in [6.07, 6.45) is 0.527. The minimum absolute atomic E-state index is 0.00274. The molecule has 8 aromatic rings. The van der Waals surface area contributed by atoms with Gasteiger partial charge in [-0.05, 0) is 75.5 Å². The molecule has 10 bridgehead atoms. The lowest BCUT2D eigenvalue weighted by atomic mass is 9.87. The number of hydrogen-bond donors (Lipinski definition) is 5. The van der Waals surface area contributed by atoms with Crippen LogP contribution in [0, 0.1) is 24.7 Å². The molecular weight excluding hydrogens is 1420 g/mol. The van der Waals surface area contributed by atoms with Crippen LogP contribution < -0.4 is 26.2 Å². The van der Waals surface area contributed by atoms with Gasteiger partial charge in [-0.2, -0.15) is 0 Å². The molecule has 7 aromatic heterocycles. The van der Waals surface area contributed by atoms with Gasteiger partial charge in [-0.15, -0.1) is 68.0 Å². The third-order valence-electron chi connectivity index (χ3n) is 17.2. The zero-order valence-corrected chi connectivity index (χ0v) is 61.5. The molecule has 1 unspecified atom stereocenters. The first kappa shape index (κ1) is 75.0. The molecular formula is C68H76N12O15S6. The summed E-state index contributed by atoms with van der Waals surface area (Å²) >= 11 is 7.17. The molecule has 27 nitrogen and oxygen atoms in total. The highest BCUT2D eigenvalue weighted by molar-refractivity contribution is 7.15. The van der Waals surface area contributed by atoms with Crippen LogP contribution in [-0.2, 0) is 54.3 Å². The van der Waals surface area contributed by atoms with Gasteiger partial charge in [0.15, 0.2) is 5.78 Å². The van der Waals surface area contributed by atoms with Crippen LogP contribution in [0.25, 0.3) is 43.4 Å². The number of aromatic nitrogens is 7. The van der Waals surface area contributed by atoms with Crippen molar-refractivity contribution >= 4 is 127 Å². The number of aliphatic hydroxyl groups is 1. The summed E-state index contributed by atoms with van der Waals surface area (Å²) in [5.74, 6) is -5.22. The molecule has 8 heterocycles. The topological polar surface area (TPSA) is 362 Å². The van der Waals surface area contributed by atoms with E-state index < -0.39 is 84.3 Å². The number of carbonyl (C=O) groups excluding carboxylic acids is 9. The van der Waals surface area contributed by atoms with E-state index in [0.717, 1.165) is 11.3 Å². The Morgan fingerprint density at radius 2 is 1.41 bits per heavy atom. The van der Waals surface area contributed by atoms with E-state index >= 15 is 0 Å². The van der Waals surface area contributed by atoms with Crippen molar-refractivity contribution in [3.05, 3.63) is 111 Å². The number of Topliss-reactive ketones (excluding diaryl/α,β-unsaturated/α-hetero) is 1. The van der Waals surface area contributed by atoms with Crippen molar-refractivity contribution in [1.82, 2.24) is 56.2 Å². The number of benzene rings is 1. The Balaban J connectivity index is 1.02. The molecule has 10 rings (SSSR count). The standard InChI is InChI=1S/C68H76N12O15S6/c1-34(2)41-26-47(81)53-35(3)100-64(78-53)43(27-50(82)69-4)72-58(86)45-31-96-60(74-45)40-22-23-42(62-76-49(33-99-62)80(68(90)95-39-20-17-38(18-21-39)67(89)94-8)25-13-12-16-37(66(88)93-7)19-24-52(84)92-6)71-54(40)44-30-97-63(73-44)46-32-98-65(75-46)56(57(85)36-14-10-9-11-15-36)77-51(83)28-70-59(87)55-48(29-91-5)101-61(41)79-55/h9-11,14-15,22-23,30-34,37-39,41,43,56-57,85H,12-13,16-21,24-29H2,1-8H3,(H,69,82)(H,70,87)(H,72,86)(H,77,83)/t37?,38?,39?,41-,43+,56+,57+/m1/s1. The fraction of sp³-hybridized carbons (Fsp3) is 0.441. The van der Waals surface area contributed by atoms with Crippen LogP contribution in [0.2, 0.25) is 0 Å². The minimum Gasteiger partial charge on any atom is -0.469 e. The number of aryl methyl sites for hydroxylation is 1. The van der Waals surface area contributed by atoms with Crippen LogP contribution in [0.3, 0.4) is 0 Å². The Morgan fingerprint density at radius 1 is 0.693 bits per heavy atom. The number of pyridine rings is 1. The molecule has 5 N–H and O–H groups in total. The second-order valence-corrected chi connectivity index (χ2v) is 30.1. The summed E-state index contributed by atoms with van der Waals surface area (Å²) in [7, 11) is 6.86. The predicted octanol–water partition coefficient (Wildman–Crippen LogP) is 10.8. The van der Waals surface area contributed by atoms with Crippen LogP contribution in [0.5, 0.6) is 0 Å². The van der Waals surface area contributed by atoms with Gasteiger partial charge in [-0.3, -0.25) is 43.3 Å². The highest BCUT2D eigenvalue weighted by Gasteiger charge is 2.35. The van der Waals surface area contributed by atoms with E-state index in [1.165, 1.54) is 97.1 Å². The lowest BCUT2D eigenvalue weighted by Gasteiger charge is -2.29. The molecule has 1 saturated carbocycles. The monoisotopic (exact) mass is 1490 g/mol. The second-order valence-electron chi connectivity index (χ2n) is 24.3. The number of hydrogen-bond acceptors (Lipinski definition) is 28. The van der Waals surface area contributed by atoms with Crippen molar-refractivity contribution in [2.24, 2.45) is 17.8 Å². The van der Waals surface area contributed by atoms with E-state index in [1.54, 1.807) is 70.9 Å². The number of nitrogens with one attached hydrogen (secondary N) is 4. The number of fused-ring (bicyclic) bond motifs is 14. The van der Waals surface area contributed by atoms with E-state index in [1.807, 2.05) is 13.8 Å². The summed E-state index contributed by atoms with van der Waals surface area (Å²) in [5, 5.41) is 32.3. The van der Waals surface area contributed by atoms with E-state index in [-0.39, 0.29) is 85.3 Å². The van der Waals surface area contributed by atoms with Gasteiger partial charge in [0, 0.05) is 71.4 Å². The Bertz CT molecular complexity index is 4290. The zero-order chi connectivity index (χ0) is 72.0. The number of ketones is 1. The smallest absolute Gasteiger partial charge is 0.415 e. The third-order valence-corrected chi connectivity index (χ3v) is 23.0. The fourth-order valence-electron chi connectivity index (χ4n) is 11.6. The normalized spacial score (nSPS) is 18.1. The van der Waals surface area contributed by atoms with Crippen LogP contribution in [0.15, 0.2) is 64.0 Å². The number of esters is 3. The molecule has 5 amide bonds. The number of unbranched alkanes of at least 4 members (excludes halogenated alkanes) is 1. The van der Waals surface area contributed by atoms with Crippen LogP contribution in [0.1, 0.15) is 170 Å². The summed E-state index contributed by atoms with van der Waals surface area (Å²) in [5.41, 5.74) is 2.57. The average molecular weight is 1490 g/mol. The molecule has 1 aromatic carbocycles. The first-order valence-electron chi connectivity index (χ1n) is 32.5. The Morgan fingerprint density at radius 3 is 2.13 bits per heavy atom. The number of anilines is 1. The summed E-state index contributed by atoms with van der Waals surface area (Å²) in [6.45, 7) is 5.22. The predicted molar refractivity (Wildman–Crippen MR) is 381 cm³/mol. The number of methoxy groups -OCH3 is 4. The van der Waals surface area contributed by atoms with Crippen molar-refractivity contribution < 1.29 is 71.9 Å². The SMILES string of the molecule is CNC(=O)C[C@@H]1NC(=O)c2csc(n2)-c2ccc(-c3nc(N(CCCCC(CCC(=O)OC)C(=O)OC)C(=O)OC4CCC(C(=O)OC)CC4)cs3)nc2-c2csc(n2)-c2csc(n2)[C@H]([C@@H](O)c2ccccc2)NC(=O)CNC(=O)c2nc(sc2COC)[C@@H](C(C)C)CC(=O)c2nc1sc2C. The molecule has 101 heavy (non-hydrogen) atoms. The van der Waals surface area contributed by atoms with Crippen molar-refractivity contribution in [3.8, 4) is 43.4 Å². The molecule has 1 aliphatic carbocycles. The highest BCUT2D eigenvalue weighted by atomic mass is 32.1. The first-order valence-corrected chi connectivity index (χ1v) is 37.7. The third kappa shape index (κ3) is 18.5. The van der Waals surface area contributed by atoms with Gasteiger partial charge in [0.25, 0.3) is 11.8 Å². The molecule has 0 radical (unpaired) electrons. The van der Waals surface area contributed by atoms with Crippen molar-refractivity contribution in [2.45, 2.75) is 128 Å². The van der Waals surface area contributed by atoms with Gasteiger partial charge in [-0.1, -0.05) is 50.6 Å². The molecule has 534 valence electrons.